The number of nitrogens with zero attached hydrogens (tertiary/aromatic N) is 1. The second kappa shape index (κ2) is 5.15. The average molecular weight is 279 g/mol. The van der Waals surface area contributed by atoms with Crippen LogP contribution in [0, 0.1) is 17.0 Å². The van der Waals surface area contributed by atoms with Gasteiger partial charge in [0.1, 0.15) is 11.3 Å². The first-order valence-electron chi connectivity index (χ1n) is 5.22. The van der Waals surface area contributed by atoms with Crippen LogP contribution in [0.4, 0.5) is 5.69 Å². The lowest BCUT2D eigenvalue weighted by Crippen LogP contribution is -2.02. The molecule has 0 radical (unpaired) electrons. The van der Waals surface area contributed by atoms with Gasteiger partial charge in [0.05, 0.1) is 16.1 Å². The fraction of sp³-hybridized carbons (Fsp3) is 0.0833. The Balaban J connectivity index is 2.39. The molecule has 0 spiro atoms. The summed E-state index contributed by atoms with van der Waals surface area (Å²) in [4.78, 5) is 22.5. The summed E-state index contributed by atoms with van der Waals surface area (Å²) in [6.45, 7) is 1.78. The second-order valence-corrected chi connectivity index (χ2v) is 4.80. The molecule has 7 heteroatoms. The highest BCUT2D eigenvalue weighted by atomic mass is 32.2. The maximum atomic E-state index is 11.0. The number of nitro groups is 1. The van der Waals surface area contributed by atoms with Gasteiger partial charge in [-0.3, -0.25) is 10.1 Å². The highest BCUT2D eigenvalue weighted by Gasteiger charge is 2.20. The molecule has 0 aliphatic heterocycles. The summed E-state index contributed by atoms with van der Waals surface area (Å²) < 4.78 is 5.13. The minimum Gasteiger partial charge on any atom is -0.477 e. The molecule has 0 saturated carbocycles. The Morgan fingerprint density at radius 3 is 2.68 bits per heavy atom. The topological polar surface area (TPSA) is 93.6 Å². The smallest absolute Gasteiger partial charge is 0.342 e. The largest absolute Gasteiger partial charge is 0.477 e. The monoisotopic (exact) mass is 279 g/mol. The summed E-state index contributed by atoms with van der Waals surface area (Å²) in [6, 6.07) is 5.75. The van der Waals surface area contributed by atoms with Crippen molar-refractivity contribution in [1.29, 1.82) is 0 Å². The van der Waals surface area contributed by atoms with E-state index < -0.39 is 16.6 Å². The van der Waals surface area contributed by atoms with Crippen LogP contribution in [0.2, 0.25) is 0 Å². The molecule has 1 aromatic carbocycles. The van der Waals surface area contributed by atoms with E-state index in [9.17, 15) is 14.9 Å². The molecule has 19 heavy (non-hydrogen) atoms. The van der Waals surface area contributed by atoms with Gasteiger partial charge in [-0.1, -0.05) is 11.8 Å². The predicted molar refractivity (Wildman–Crippen MR) is 67.6 cm³/mol. The summed E-state index contributed by atoms with van der Waals surface area (Å²) in [7, 11) is 0. The van der Waals surface area contributed by atoms with Gasteiger partial charge in [0.25, 0.3) is 5.69 Å². The zero-order valence-electron chi connectivity index (χ0n) is 9.82. The lowest BCUT2D eigenvalue weighted by molar-refractivity contribution is -0.385. The number of hydrogen-bond donors (Lipinski definition) is 1. The highest BCUT2D eigenvalue weighted by molar-refractivity contribution is 7.99. The lowest BCUT2D eigenvalue weighted by Gasteiger charge is -2.02. The molecule has 1 N–H and O–H groups in total. The van der Waals surface area contributed by atoms with Crippen LogP contribution in [0.15, 0.2) is 44.7 Å². The van der Waals surface area contributed by atoms with Crippen molar-refractivity contribution < 1.29 is 19.2 Å². The number of hydrogen-bond acceptors (Lipinski definition) is 5. The first-order valence-corrected chi connectivity index (χ1v) is 6.04. The molecule has 6 nitrogen and oxygen atoms in total. The molecule has 1 heterocycles. The van der Waals surface area contributed by atoms with Crippen molar-refractivity contribution in [1.82, 2.24) is 0 Å². The maximum absolute atomic E-state index is 11.0. The van der Waals surface area contributed by atoms with Gasteiger partial charge in [-0.15, -0.1) is 0 Å². The normalized spacial score (nSPS) is 10.4. The number of aromatic carboxylic acids is 1. The molecule has 0 unspecified atom stereocenters. The van der Waals surface area contributed by atoms with Gasteiger partial charge in [-0.2, -0.15) is 0 Å². The molecule has 0 amide bonds. The van der Waals surface area contributed by atoms with Crippen molar-refractivity contribution in [2.45, 2.75) is 16.7 Å². The Kier molecular flexibility index (Phi) is 3.57. The minimum atomic E-state index is -1.32. The predicted octanol–water partition coefficient (Wildman–Crippen LogP) is 3.35. The van der Waals surface area contributed by atoms with E-state index >= 15 is 0 Å². The SMILES string of the molecule is Cc1occc1Sc1ccc([N+](=O)[O-])c(C(=O)O)c1. The molecule has 0 atom stereocenters. The standard InChI is InChI=1S/C12H9NO5S/c1-7-11(4-5-18-7)19-8-2-3-10(13(16)17)9(6-8)12(14)15/h2-6H,1H3,(H,14,15). The van der Waals surface area contributed by atoms with Crippen LogP contribution >= 0.6 is 11.8 Å². The Hall–Kier alpha value is -2.28. The highest BCUT2D eigenvalue weighted by Crippen LogP contribution is 2.33. The molecule has 2 rings (SSSR count). The maximum Gasteiger partial charge on any atom is 0.342 e. The molecule has 0 aliphatic rings. The Labute approximate surface area is 112 Å². The fourth-order valence-electron chi connectivity index (χ4n) is 1.52. The van der Waals surface area contributed by atoms with Crippen molar-refractivity contribution >= 4 is 23.4 Å². The van der Waals surface area contributed by atoms with Gasteiger partial charge < -0.3 is 9.52 Å². The van der Waals surface area contributed by atoms with Gasteiger partial charge in [0, 0.05) is 11.0 Å². The fourth-order valence-corrected chi connectivity index (χ4v) is 2.40. The van der Waals surface area contributed by atoms with Gasteiger partial charge in [-0.05, 0) is 25.1 Å². The number of carboxylic acids is 1. The van der Waals surface area contributed by atoms with Crippen LogP contribution in [-0.4, -0.2) is 16.0 Å². The molecule has 0 saturated heterocycles. The number of carboxylic acid groups (broad SMARTS) is 1. The second-order valence-electron chi connectivity index (χ2n) is 3.68. The van der Waals surface area contributed by atoms with E-state index in [1.54, 1.807) is 13.0 Å². The number of carbonyl (C=O) groups is 1. The summed E-state index contributed by atoms with van der Waals surface area (Å²) in [5.41, 5.74) is -0.739. The van der Waals surface area contributed by atoms with Crippen molar-refractivity contribution in [2.75, 3.05) is 0 Å². The van der Waals surface area contributed by atoms with E-state index in [1.807, 2.05) is 0 Å². The van der Waals surface area contributed by atoms with Gasteiger partial charge >= 0.3 is 5.97 Å². The molecule has 0 fully saturated rings. The third-order valence-electron chi connectivity index (χ3n) is 2.43. The quantitative estimate of drug-likeness (QED) is 0.681. The Bertz CT molecular complexity index is 649. The lowest BCUT2D eigenvalue weighted by atomic mass is 10.2. The number of aryl methyl sites for hydroxylation is 1. The van der Waals surface area contributed by atoms with Crippen molar-refractivity contribution in [3.05, 3.63) is 52.0 Å². The summed E-state index contributed by atoms with van der Waals surface area (Å²) in [6.07, 6.45) is 1.53. The van der Waals surface area contributed by atoms with Gasteiger partial charge in [-0.25, -0.2) is 4.79 Å². The third-order valence-corrected chi connectivity index (χ3v) is 3.57. The van der Waals surface area contributed by atoms with E-state index in [1.165, 1.54) is 36.2 Å². The van der Waals surface area contributed by atoms with Gasteiger partial charge in [0.15, 0.2) is 0 Å². The van der Waals surface area contributed by atoms with Crippen molar-refractivity contribution in [3.8, 4) is 0 Å². The van der Waals surface area contributed by atoms with Crippen molar-refractivity contribution in [3.63, 3.8) is 0 Å². The van der Waals surface area contributed by atoms with E-state index in [-0.39, 0.29) is 5.56 Å². The van der Waals surface area contributed by atoms with Crippen LogP contribution in [-0.2, 0) is 0 Å². The third kappa shape index (κ3) is 2.76. The molecule has 0 bridgehead atoms. The number of nitro benzene ring substituents is 1. The average Bonchev–Trinajstić information content (AvgIpc) is 2.74. The molecule has 0 aliphatic carbocycles. The van der Waals surface area contributed by atoms with Crippen LogP contribution in [0.25, 0.3) is 0 Å². The number of furan rings is 1. The zero-order chi connectivity index (χ0) is 14.0. The molecular formula is C12H9NO5S. The molecule has 1 aromatic heterocycles. The van der Waals surface area contributed by atoms with Crippen LogP contribution in [0.1, 0.15) is 16.1 Å². The van der Waals surface area contributed by atoms with Crippen LogP contribution < -0.4 is 0 Å². The van der Waals surface area contributed by atoms with Gasteiger partial charge in [0.2, 0.25) is 0 Å². The zero-order valence-corrected chi connectivity index (χ0v) is 10.6. The first kappa shape index (κ1) is 13.2. The van der Waals surface area contributed by atoms with E-state index in [2.05, 4.69) is 0 Å². The molecule has 98 valence electrons. The molecule has 2 aromatic rings. The summed E-state index contributed by atoms with van der Waals surface area (Å²) in [5, 5.41) is 19.7. The van der Waals surface area contributed by atoms with Crippen LogP contribution in [0.3, 0.4) is 0 Å². The Morgan fingerprint density at radius 2 is 2.16 bits per heavy atom. The van der Waals surface area contributed by atoms with Crippen LogP contribution in [0.5, 0.6) is 0 Å². The van der Waals surface area contributed by atoms with E-state index in [4.69, 9.17) is 9.52 Å². The minimum absolute atomic E-state index is 0.323. The number of rotatable bonds is 4. The molecular weight excluding hydrogens is 270 g/mol. The number of benzene rings is 1. The van der Waals surface area contributed by atoms with Crippen molar-refractivity contribution in [2.24, 2.45) is 0 Å². The Morgan fingerprint density at radius 1 is 1.42 bits per heavy atom. The van der Waals surface area contributed by atoms with E-state index in [0.717, 1.165) is 4.90 Å². The first-order chi connectivity index (χ1) is 8.99. The summed E-state index contributed by atoms with van der Waals surface area (Å²) in [5.74, 6) is -0.613. The van der Waals surface area contributed by atoms with E-state index in [0.29, 0.717) is 10.7 Å². The summed E-state index contributed by atoms with van der Waals surface area (Å²) >= 11 is 1.29.